The van der Waals surface area contributed by atoms with Gasteiger partial charge in [0.15, 0.2) is 5.82 Å². The summed E-state index contributed by atoms with van der Waals surface area (Å²) in [6.45, 7) is 1.70. The normalized spacial score (nSPS) is 11.6. The van der Waals surface area contributed by atoms with Crippen LogP contribution < -0.4 is 5.32 Å². The molecule has 2 aromatic carbocycles. The van der Waals surface area contributed by atoms with Crippen molar-refractivity contribution in [2.75, 3.05) is 5.32 Å². The number of aryl methyl sites for hydroxylation is 1. The Kier molecular flexibility index (Phi) is 5.34. The quantitative estimate of drug-likeness (QED) is 0.681. The van der Waals surface area contributed by atoms with Crippen molar-refractivity contribution in [3.8, 4) is 0 Å². The maximum atomic E-state index is 12.7. The third-order valence-electron chi connectivity index (χ3n) is 3.54. The first-order valence-electron chi connectivity index (χ1n) is 7.79. The van der Waals surface area contributed by atoms with Gasteiger partial charge in [-0.05, 0) is 19.1 Å². The highest BCUT2D eigenvalue weighted by molar-refractivity contribution is 6.33. The molecule has 0 radical (unpaired) electrons. The number of esters is 1. The van der Waals surface area contributed by atoms with E-state index in [1.807, 2.05) is 0 Å². The predicted molar refractivity (Wildman–Crippen MR) is 95.9 cm³/mol. The Balaban J connectivity index is 1.85. The molecule has 0 bridgehead atoms. The van der Waals surface area contributed by atoms with Gasteiger partial charge in [0.2, 0.25) is 6.10 Å². The zero-order chi connectivity index (χ0) is 18.5. The van der Waals surface area contributed by atoms with Crippen LogP contribution in [0.5, 0.6) is 0 Å². The minimum absolute atomic E-state index is 0.181. The van der Waals surface area contributed by atoms with E-state index in [2.05, 4.69) is 10.5 Å². The molecule has 0 aliphatic heterocycles. The number of ether oxygens (including phenoxy) is 1. The van der Waals surface area contributed by atoms with Gasteiger partial charge >= 0.3 is 5.97 Å². The molecule has 1 aromatic heterocycles. The number of carbonyl (C=O) groups is 2. The van der Waals surface area contributed by atoms with Crippen LogP contribution in [-0.4, -0.2) is 17.0 Å². The zero-order valence-electron chi connectivity index (χ0n) is 13.8. The van der Waals surface area contributed by atoms with Crippen molar-refractivity contribution < 1.29 is 18.8 Å². The number of nitrogens with zero attached hydrogens (tertiary/aromatic N) is 1. The lowest BCUT2D eigenvalue weighted by Gasteiger charge is -2.17. The largest absolute Gasteiger partial charge is 0.444 e. The lowest BCUT2D eigenvalue weighted by Crippen LogP contribution is -2.26. The topological polar surface area (TPSA) is 81.4 Å². The van der Waals surface area contributed by atoms with Crippen LogP contribution in [0.2, 0.25) is 5.02 Å². The molecule has 7 heteroatoms. The lowest BCUT2D eigenvalue weighted by atomic mass is 10.1. The average molecular weight is 371 g/mol. The summed E-state index contributed by atoms with van der Waals surface area (Å²) in [6, 6.07) is 16.7. The fourth-order valence-corrected chi connectivity index (χ4v) is 2.53. The fourth-order valence-electron chi connectivity index (χ4n) is 2.32. The smallest absolute Gasteiger partial charge is 0.340 e. The number of aromatic nitrogens is 1. The van der Waals surface area contributed by atoms with Crippen LogP contribution in [0, 0.1) is 6.92 Å². The van der Waals surface area contributed by atoms with Crippen LogP contribution >= 0.6 is 11.6 Å². The third-order valence-corrected chi connectivity index (χ3v) is 3.87. The van der Waals surface area contributed by atoms with E-state index in [9.17, 15) is 9.59 Å². The van der Waals surface area contributed by atoms with Crippen molar-refractivity contribution >= 4 is 29.3 Å². The van der Waals surface area contributed by atoms with E-state index >= 15 is 0 Å². The Morgan fingerprint density at radius 3 is 2.46 bits per heavy atom. The minimum atomic E-state index is -1.17. The number of halogens is 1. The molecule has 26 heavy (non-hydrogen) atoms. The standard InChI is InChI=1S/C19H15ClN2O4/c1-12-11-16(22-26-12)21-18(23)17(13-7-3-2-4-8-13)25-19(24)14-9-5-6-10-15(14)20/h2-11,17H,1H3,(H,21,22,23). The maximum absolute atomic E-state index is 12.7. The number of amides is 1. The van der Waals surface area contributed by atoms with E-state index in [4.69, 9.17) is 20.9 Å². The fraction of sp³-hybridized carbons (Fsp3) is 0.105. The van der Waals surface area contributed by atoms with Crippen molar-refractivity contribution in [3.63, 3.8) is 0 Å². The van der Waals surface area contributed by atoms with E-state index in [-0.39, 0.29) is 16.4 Å². The summed E-state index contributed by atoms with van der Waals surface area (Å²) in [6.07, 6.45) is -1.17. The molecule has 0 aliphatic carbocycles. The number of hydrogen-bond acceptors (Lipinski definition) is 5. The molecule has 1 atom stereocenters. The van der Waals surface area contributed by atoms with Gasteiger partial charge in [0.05, 0.1) is 10.6 Å². The second kappa shape index (κ2) is 7.84. The predicted octanol–water partition coefficient (Wildman–Crippen LogP) is 4.17. The molecule has 1 N–H and O–H groups in total. The summed E-state index contributed by atoms with van der Waals surface area (Å²) < 4.78 is 10.4. The van der Waals surface area contributed by atoms with E-state index < -0.39 is 18.0 Å². The van der Waals surface area contributed by atoms with E-state index in [1.165, 1.54) is 6.07 Å². The monoisotopic (exact) mass is 370 g/mol. The Morgan fingerprint density at radius 2 is 1.81 bits per heavy atom. The summed E-state index contributed by atoms with van der Waals surface area (Å²) in [5.74, 6) is -0.465. The second-order valence-corrected chi connectivity index (χ2v) is 5.90. The molecule has 0 saturated heterocycles. The molecule has 1 heterocycles. The Bertz CT molecular complexity index is 924. The molecule has 6 nitrogen and oxygen atoms in total. The molecular formula is C19H15ClN2O4. The zero-order valence-corrected chi connectivity index (χ0v) is 14.6. The van der Waals surface area contributed by atoms with Gasteiger partial charge in [-0.15, -0.1) is 0 Å². The molecule has 3 aromatic rings. The maximum Gasteiger partial charge on any atom is 0.340 e. The number of anilines is 1. The summed E-state index contributed by atoms with van der Waals surface area (Å²) in [5.41, 5.74) is 0.700. The van der Waals surface area contributed by atoms with E-state index in [0.717, 1.165) is 0 Å². The Labute approximate surface area is 154 Å². The average Bonchev–Trinajstić information content (AvgIpc) is 3.05. The molecule has 0 fully saturated rings. The van der Waals surface area contributed by atoms with E-state index in [0.29, 0.717) is 11.3 Å². The number of hydrogen-bond donors (Lipinski definition) is 1. The summed E-state index contributed by atoms with van der Waals surface area (Å²) in [4.78, 5) is 25.2. The van der Waals surface area contributed by atoms with Gasteiger partial charge in [-0.1, -0.05) is 59.2 Å². The molecule has 1 unspecified atom stereocenters. The SMILES string of the molecule is Cc1cc(NC(=O)C(OC(=O)c2ccccc2Cl)c2ccccc2)no1. The first-order chi connectivity index (χ1) is 12.5. The first-order valence-corrected chi connectivity index (χ1v) is 8.17. The number of rotatable bonds is 5. The van der Waals surface area contributed by atoms with Crippen LogP contribution in [0.4, 0.5) is 5.82 Å². The third kappa shape index (κ3) is 4.10. The van der Waals surface area contributed by atoms with Crippen molar-refractivity contribution in [2.24, 2.45) is 0 Å². The van der Waals surface area contributed by atoms with Crippen LogP contribution in [0.1, 0.15) is 27.8 Å². The lowest BCUT2D eigenvalue weighted by molar-refractivity contribution is -0.125. The Morgan fingerprint density at radius 1 is 1.12 bits per heavy atom. The van der Waals surface area contributed by atoms with Crippen molar-refractivity contribution in [3.05, 3.63) is 82.6 Å². The van der Waals surface area contributed by atoms with Gasteiger partial charge in [0, 0.05) is 11.6 Å². The van der Waals surface area contributed by atoms with Crippen molar-refractivity contribution in [1.29, 1.82) is 0 Å². The highest BCUT2D eigenvalue weighted by atomic mass is 35.5. The van der Waals surface area contributed by atoms with Crippen LogP contribution in [0.25, 0.3) is 0 Å². The number of benzene rings is 2. The van der Waals surface area contributed by atoms with Crippen molar-refractivity contribution in [2.45, 2.75) is 13.0 Å². The molecule has 1 amide bonds. The molecule has 0 aliphatic rings. The Hall–Kier alpha value is -3.12. The van der Waals surface area contributed by atoms with Gasteiger partial charge in [0.25, 0.3) is 5.91 Å². The minimum Gasteiger partial charge on any atom is -0.444 e. The number of carbonyl (C=O) groups excluding carboxylic acids is 2. The molecule has 0 spiro atoms. The van der Waals surface area contributed by atoms with Gasteiger partial charge in [-0.2, -0.15) is 0 Å². The van der Waals surface area contributed by atoms with Crippen LogP contribution in [0.3, 0.4) is 0 Å². The van der Waals surface area contributed by atoms with E-state index in [1.54, 1.807) is 61.5 Å². The molecule has 132 valence electrons. The van der Waals surface area contributed by atoms with Crippen LogP contribution in [0.15, 0.2) is 65.2 Å². The van der Waals surface area contributed by atoms with Crippen LogP contribution in [-0.2, 0) is 9.53 Å². The van der Waals surface area contributed by atoms with Gasteiger partial charge in [0.1, 0.15) is 5.76 Å². The molecule has 0 saturated carbocycles. The molecular weight excluding hydrogens is 356 g/mol. The molecule has 3 rings (SSSR count). The second-order valence-electron chi connectivity index (χ2n) is 5.49. The number of nitrogens with one attached hydrogen (secondary N) is 1. The summed E-state index contributed by atoms with van der Waals surface area (Å²) in [7, 11) is 0. The van der Waals surface area contributed by atoms with Gasteiger partial charge < -0.3 is 14.6 Å². The van der Waals surface area contributed by atoms with Crippen molar-refractivity contribution in [1.82, 2.24) is 5.16 Å². The van der Waals surface area contributed by atoms with Gasteiger partial charge in [-0.25, -0.2) is 4.79 Å². The summed E-state index contributed by atoms with van der Waals surface area (Å²) in [5, 5.41) is 6.54. The highest BCUT2D eigenvalue weighted by Crippen LogP contribution is 2.24. The van der Waals surface area contributed by atoms with Gasteiger partial charge in [-0.3, -0.25) is 4.79 Å². The summed E-state index contributed by atoms with van der Waals surface area (Å²) >= 11 is 6.04. The highest BCUT2D eigenvalue weighted by Gasteiger charge is 2.27. The first kappa shape index (κ1) is 17.7.